The third-order valence-electron chi connectivity index (χ3n) is 2.18. The highest BCUT2D eigenvalue weighted by Gasteiger charge is 2.38. The molecule has 0 saturated heterocycles. The Kier molecular flexibility index (Phi) is 1.40. The van der Waals surface area contributed by atoms with E-state index in [1.807, 2.05) is 18.2 Å². The first-order valence-corrected chi connectivity index (χ1v) is 3.86. The molecule has 1 aliphatic rings. The Morgan fingerprint density at radius 1 is 1.27 bits per heavy atom. The second-order valence-corrected chi connectivity index (χ2v) is 2.99. The van der Waals surface area contributed by atoms with Gasteiger partial charge < -0.3 is 0 Å². The number of hydrogen-bond donors (Lipinski definition) is 0. The highest BCUT2D eigenvalue weighted by molar-refractivity contribution is 5.28. The number of nitrogens with zero attached hydrogens (tertiary/aromatic N) is 1. The highest BCUT2D eigenvalue weighted by atomic mass is 14.4. The SMILES string of the molecule is N#CC1C[C@H]1c1ccccc1. The molecule has 0 bridgehead atoms. The summed E-state index contributed by atoms with van der Waals surface area (Å²) in [5.41, 5.74) is 1.32. The van der Waals surface area contributed by atoms with Crippen LogP contribution in [0, 0.1) is 17.2 Å². The first-order valence-electron chi connectivity index (χ1n) is 3.86. The smallest absolute Gasteiger partial charge is 0.0662 e. The van der Waals surface area contributed by atoms with Crippen LogP contribution in [0.1, 0.15) is 17.9 Å². The standard InChI is InChI=1S/C10H9N/c11-7-9-6-10(9)8-4-2-1-3-5-8/h1-5,9-10H,6H2/t9?,10-/m0/s1. The van der Waals surface area contributed by atoms with Crippen LogP contribution in [0.25, 0.3) is 0 Å². The van der Waals surface area contributed by atoms with Gasteiger partial charge in [-0.15, -0.1) is 0 Å². The summed E-state index contributed by atoms with van der Waals surface area (Å²) >= 11 is 0. The van der Waals surface area contributed by atoms with E-state index in [0.717, 1.165) is 6.42 Å². The third-order valence-corrected chi connectivity index (χ3v) is 2.18. The Bertz CT molecular complexity index is 283. The first kappa shape index (κ1) is 6.42. The maximum absolute atomic E-state index is 8.59. The molecule has 1 nitrogen and oxygen atoms in total. The summed E-state index contributed by atoms with van der Waals surface area (Å²) in [5.74, 6) is 0.818. The topological polar surface area (TPSA) is 23.8 Å². The molecule has 2 atom stereocenters. The zero-order chi connectivity index (χ0) is 7.68. The van der Waals surface area contributed by atoms with Gasteiger partial charge in [-0.2, -0.15) is 5.26 Å². The molecule has 0 heterocycles. The fourth-order valence-electron chi connectivity index (χ4n) is 1.41. The average Bonchev–Trinajstić information content (AvgIpc) is 2.85. The van der Waals surface area contributed by atoms with Crippen LogP contribution in [0.15, 0.2) is 30.3 Å². The molecule has 0 amide bonds. The van der Waals surface area contributed by atoms with E-state index >= 15 is 0 Å². The molecule has 1 fully saturated rings. The van der Waals surface area contributed by atoms with Gasteiger partial charge in [-0.1, -0.05) is 30.3 Å². The molecular weight excluding hydrogens is 134 g/mol. The number of hydrogen-bond acceptors (Lipinski definition) is 1. The lowest BCUT2D eigenvalue weighted by molar-refractivity contribution is 1.02. The van der Waals surface area contributed by atoms with Crippen molar-refractivity contribution in [2.75, 3.05) is 0 Å². The molecular formula is C10H9N. The van der Waals surface area contributed by atoms with Crippen LogP contribution in [0.4, 0.5) is 0 Å². The predicted molar refractivity (Wildman–Crippen MR) is 42.9 cm³/mol. The molecule has 0 spiro atoms. The molecule has 0 N–H and O–H groups in total. The largest absolute Gasteiger partial charge is 0.198 e. The van der Waals surface area contributed by atoms with Gasteiger partial charge in [0.2, 0.25) is 0 Å². The van der Waals surface area contributed by atoms with E-state index in [2.05, 4.69) is 18.2 Å². The van der Waals surface area contributed by atoms with Crippen molar-refractivity contribution in [2.24, 2.45) is 5.92 Å². The van der Waals surface area contributed by atoms with Crippen molar-refractivity contribution >= 4 is 0 Å². The number of rotatable bonds is 1. The first-order chi connectivity index (χ1) is 5.42. The molecule has 0 aromatic heterocycles. The van der Waals surface area contributed by atoms with Gasteiger partial charge >= 0.3 is 0 Å². The second kappa shape index (κ2) is 2.39. The van der Waals surface area contributed by atoms with E-state index in [9.17, 15) is 0 Å². The molecule has 1 aliphatic carbocycles. The van der Waals surface area contributed by atoms with Crippen molar-refractivity contribution in [1.82, 2.24) is 0 Å². The van der Waals surface area contributed by atoms with Crippen LogP contribution in [0.5, 0.6) is 0 Å². The lowest BCUT2D eigenvalue weighted by Crippen LogP contribution is -1.78. The van der Waals surface area contributed by atoms with E-state index in [4.69, 9.17) is 5.26 Å². The third kappa shape index (κ3) is 1.12. The van der Waals surface area contributed by atoms with Crippen LogP contribution in [0.2, 0.25) is 0 Å². The number of nitriles is 1. The van der Waals surface area contributed by atoms with Crippen LogP contribution in [-0.4, -0.2) is 0 Å². The summed E-state index contributed by atoms with van der Waals surface area (Å²) in [6, 6.07) is 12.6. The van der Waals surface area contributed by atoms with Gasteiger partial charge in [0, 0.05) is 5.92 Å². The van der Waals surface area contributed by atoms with E-state index in [0.29, 0.717) is 5.92 Å². The van der Waals surface area contributed by atoms with Gasteiger partial charge in [-0.25, -0.2) is 0 Å². The molecule has 1 unspecified atom stereocenters. The monoisotopic (exact) mass is 143 g/mol. The van der Waals surface area contributed by atoms with Crippen LogP contribution in [-0.2, 0) is 0 Å². The van der Waals surface area contributed by atoms with E-state index in [1.165, 1.54) is 5.56 Å². The van der Waals surface area contributed by atoms with E-state index in [-0.39, 0.29) is 5.92 Å². The average molecular weight is 143 g/mol. The van der Waals surface area contributed by atoms with E-state index in [1.54, 1.807) is 0 Å². The Morgan fingerprint density at radius 3 is 2.55 bits per heavy atom. The van der Waals surface area contributed by atoms with Crippen molar-refractivity contribution in [2.45, 2.75) is 12.3 Å². The van der Waals surface area contributed by atoms with Crippen molar-refractivity contribution in [1.29, 1.82) is 5.26 Å². The normalized spacial score (nSPS) is 27.5. The van der Waals surface area contributed by atoms with Gasteiger partial charge in [0.1, 0.15) is 0 Å². The summed E-state index contributed by atoms with van der Waals surface area (Å²) in [5, 5.41) is 8.59. The fraction of sp³-hybridized carbons (Fsp3) is 0.300. The molecule has 1 aromatic carbocycles. The zero-order valence-electron chi connectivity index (χ0n) is 6.20. The molecule has 0 aliphatic heterocycles. The van der Waals surface area contributed by atoms with Crippen LogP contribution < -0.4 is 0 Å². The second-order valence-electron chi connectivity index (χ2n) is 2.99. The molecule has 1 aromatic rings. The predicted octanol–water partition coefficient (Wildman–Crippen LogP) is 2.31. The quantitative estimate of drug-likeness (QED) is 0.591. The Balaban J connectivity index is 2.16. The van der Waals surface area contributed by atoms with Gasteiger partial charge in [-0.3, -0.25) is 0 Å². The Labute approximate surface area is 66.3 Å². The molecule has 0 radical (unpaired) electrons. The molecule has 11 heavy (non-hydrogen) atoms. The minimum atomic E-state index is 0.289. The fourth-order valence-corrected chi connectivity index (χ4v) is 1.41. The van der Waals surface area contributed by atoms with Crippen molar-refractivity contribution < 1.29 is 0 Å². The van der Waals surface area contributed by atoms with E-state index < -0.39 is 0 Å². The van der Waals surface area contributed by atoms with Gasteiger partial charge in [0.15, 0.2) is 0 Å². The maximum atomic E-state index is 8.59. The van der Waals surface area contributed by atoms with Crippen molar-refractivity contribution in [3.8, 4) is 6.07 Å². The summed E-state index contributed by atoms with van der Waals surface area (Å²) in [4.78, 5) is 0. The van der Waals surface area contributed by atoms with Gasteiger partial charge in [0.25, 0.3) is 0 Å². The van der Waals surface area contributed by atoms with Crippen LogP contribution in [0.3, 0.4) is 0 Å². The molecule has 2 rings (SSSR count). The summed E-state index contributed by atoms with van der Waals surface area (Å²) in [6.45, 7) is 0. The lowest BCUT2D eigenvalue weighted by Gasteiger charge is -1.93. The summed E-state index contributed by atoms with van der Waals surface area (Å²) < 4.78 is 0. The molecule has 54 valence electrons. The summed E-state index contributed by atoms with van der Waals surface area (Å²) in [6.07, 6.45) is 1.06. The maximum Gasteiger partial charge on any atom is 0.0662 e. The van der Waals surface area contributed by atoms with Gasteiger partial charge in [-0.05, 0) is 12.0 Å². The van der Waals surface area contributed by atoms with Crippen molar-refractivity contribution in [3.63, 3.8) is 0 Å². The van der Waals surface area contributed by atoms with Gasteiger partial charge in [0.05, 0.1) is 12.0 Å². The summed E-state index contributed by atoms with van der Waals surface area (Å²) in [7, 11) is 0. The Hall–Kier alpha value is -1.29. The Morgan fingerprint density at radius 2 is 2.00 bits per heavy atom. The lowest BCUT2D eigenvalue weighted by atomic mass is 10.1. The van der Waals surface area contributed by atoms with Crippen LogP contribution >= 0.6 is 0 Å². The highest BCUT2D eigenvalue weighted by Crippen LogP contribution is 2.46. The minimum absolute atomic E-state index is 0.289. The number of benzene rings is 1. The zero-order valence-corrected chi connectivity index (χ0v) is 6.20. The molecule has 1 heteroatoms. The minimum Gasteiger partial charge on any atom is -0.198 e. The van der Waals surface area contributed by atoms with Crippen molar-refractivity contribution in [3.05, 3.63) is 35.9 Å². The molecule has 1 saturated carbocycles.